The zero-order valence-electron chi connectivity index (χ0n) is 20.5. The Morgan fingerprint density at radius 1 is 1.13 bits per heavy atom. The average molecular weight is 510 g/mol. The van der Waals surface area contributed by atoms with Gasteiger partial charge in [-0.1, -0.05) is 37.3 Å². The van der Waals surface area contributed by atoms with Crippen molar-refractivity contribution >= 4 is 34.7 Å². The van der Waals surface area contributed by atoms with Crippen molar-refractivity contribution in [3.05, 3.63) is 103 Å². The molecule has 0 aliphatic carbocycles. The Morgan fingerprint density at radius 2 is 1.89 bits per heavy atom. The fraction of sp³-hybridized carbons (Fsp3) is 0.207. The van der Waals surface area contributed by atoms with Gasteiger partial charge in [-0.2, -0.15) is 0 Å². The molecule has 38 heavy (non-hydrogen) atoms. The van der Waals surface area contributed by atoms with E-state index in [1.807, 2.05) is 36.4 Å². The van der Waals surface area contributed by atoms with E-state index < -0.39 is 16.5 Å². The van der Waals surface area contributed by atoms with Crippen molar-refractivity contribution < 1.29 is 19.6 Å². The van der Waals surface area contributed by atoms with Crippen LogP contribution < -0.4 is 5.56 Å². The van der Waals surface area contributed by atoms with Gasteiger partial charge in [0.25, 0.3) is 11.2 Å². The SMILES string of the molecule is CCC1(O)CC(=O)OCc2c1cc1n(c2=O)Cc2c-1nc1ccccc1c2/C=C/c1ccc([N+](=O)[O-])cc1. The van der Waals surface area contributed by atoms with Crippen LogP contribution in [-0.2, 0) is 28.3 Å². The zero-order chi connectivity index (χ0) is 26.6. The largest absolute Gasteiger partial charge is 0.460 e. The first-order valence-corrected chi connectivity index (χ1v) is 12.3. The Bertz CT molecular complexity index is 1740. The summed E-state index contributed by atoms with van der Waals surface area (Å²) >= 11 is 0. The maximum Gasteiger partial charge on any atom is 0.309 e. The van der Waals surface area contributed by atoms with E-state index in [0.717, 1.165) is 27.6 Å². The van der Waals surface area contributed by atoms with Gasteiger partial charge in [-0.15, -0.1) is 0 Å². The number of aromatic nitrogens is 2. The van der Waals surface area contributed by atoms with E-state index in [0.29, 0.717) is 17.0 Å². The quantitative estimate of drug-likeness (QED) is 0.214. The second kappa shape index (κ2) is 8.74. The highest BCUT2D eigenvalue weighted by molar-refractivity contribution is 5.95. The Kier molecular flexibility index (Phi) is 5.46. The molecule has 6 rings (SSSR count). The molecule has 4 aromatic rings. The van der Waals surface area contributed by atoms with E-state index >= 15 is 0 Å². The molecule has 0 fully saturated rings. The molecule has 1 atom stereocenters. The van der Waals surface area contributed by atoms with Gasteiger partial charge >= 0.3 is 5.97 Å². The highest BCUT2D eigenvalue weighted by atomic mass is 16.6. The topological polar surface area (TPSA) is 125 Å². The Morgan fingerprint density at radius 3 is 2.63 bits per heavy atom. The lowest BCUT2D eigenvalue weighted by Gasteiger charge is -2.26. The number of cyclic esters (lactones) is 1. The lowest BCUT2D eigenvalue weighted by Crippen LogP contribution is -2.32. The number of carbonyl (C=O) groups excluding carboxylic acids is 1. The number of nitrogens with zero attached hydrogens (tertiary/aromatic N) is 3. The monoisotopic (exact) mass is 509 g/mol. The van der Waals surface area contributed by atoms with E-state index in [4.69, 9.17) is 9.72 Å². The molecule has 0 saturated carbocycles. The number of hydrogen-bond donors (Lipinski definition) is 1. The highest BCUT2D eigenvalue weighted by Crippen LogP contribution is 2.40. The van der Waals surface area contributed by atoms with E-state index in [-0.39, 0.29) is 42.8 Å². The number of non-ortho nitro benzene ring substituents is 1. The molecule has 9 nitrogen and oxygen atoms in total. The van der Waals surface area contributed by atoms with Crippen LogP contribution in [0.25, 0.3) is 34.4 Å². The summed E-state index contributed by atoms with van der Waals surface area (Å²) in [6.45, 7) is 1.86. The summed E-state index contributed by atoms with van der Waals surface area (Å²) in [5, 5.41) is 23.3. The number of hydrogen-bond acceptors (Lipinski definition) is 7. The van der Waals surface area contributed by atoms with Crippen LogP contribution in [0.2, 0.25) is 0 Å². The molecular formula is C29H23N3O6. The number of esters is 1. The molecule has 2 aromatic heterocycles. The maximum atomic E-state index is 13.7. The predicted molar refractivity (Wildman–Crippen MR) is 141 cm³/mol. The Balaban J connectivity index is 1.54. The Labute approximate surface area is 216 Å². The van der Waals surface area contributed by atoms with Gasteiger partial charge in [0.15, 0.2) is 0 Å². The van der Waals surface area contributed by atoms with Gasteiger partial charge in [0.05, 0.1) is 40.4 Å². The van der Waals surface area contributed by atoms with Gasteiger partial charge in [-0.25, -0.2) is 4.98 Å². The molecule has 2 aliphatic rings. The molecule has 0 spiro atoms. The standard InChI is InChI=1S/C29H23N3O6/c1-2-29(35)14-26(33)38-16-22-23(29)13-25-27-21(15-31(25)28(22)34)19(20-5-3-4-6-24(20)30-27)12-9-17-7-10-18(11-8-17)32(36)37/h3-13,35H,2,14-16H2,1H3/b12-9+. The predicted octanol–water partition coefficient (Wildman–Crippen LogP) is 4.55. The smallest absolute Gasteiger partial charge is 0.309 e. The fourth-order valence-electron chi connectivity index (χ4n) is 5.33. The molecule has 4 heterocycles. The normalized spacial score (nSPS) is 18.1. The third-order valence-electron chi connectivity index (χ3n) is 7.44. The molecule has 190 valence electrons. The number of fused-ring (bicyclic) bond motifs is 5. The number of carbonyl (C=O) groups is 1. The summed E-state index contributed by atoms with van der Waals surface area (Å²) in [5.74, 6) is -0.543. The number of nitro groups is 1. The number of nitro benzene ring substituents is 1. The zero-order valence-corrected chi connectivity index (χ0v) is 20.5. The van der Waals surface area contributed by atoms with Crippen LogP contribution in [0.4, 0.5) is 5.69 Å². The van der Waals surface area contributed by atoms with Gasteiger partial charge in [0, 0.05) is 23.1 Å². The van der Waals surface area contributed by atoms with Gasteiger partial charge < -0.3 is 14.4 Å². The summed E-state index contributed by atoms with van der Waals surface area (Å²) in [6.07, 6.45) is 3.85. The number of para-hydroxylation sites is 1. The first-order chi connectivity index (χ1) is 18.3. The molecule has 0 radical (unpaired) electrons. The van der Waals surface area contributed by atoms with Gasteiger partial charge in [0.2, 0.25) is 0 Å². The van der Waals surface area contributed by atoms with E-state index in [1.165, 1.54) is 12.1 Å². The number of pyridine rings is 2. The molecule has 9 heteroatoms. The third kappa shape index (κ3) is 3.71. The van der Waals surface area contributed by atoms with Crippen LogP contribution in [0, 0.1) is 10.1 Å². The summed E-state index contributed by atoms with van der Waals surface area (Å²) in [6, 6.07) is 15.7. The van der Waals surface area contributed by atoms with Crippen LogP contribution in [0.3, 0.4) is 0 Å². The molecule has 1 N–H and O–H groups in total. The number of ether oxygens (including phenoxy) is 1. The summed E-state index contributed by atoms with van der Waals surface area (Å²) < 4.78 is 6.88. The fourth-order valence-corrected chi connectivity index (χ4v) is 5.33. The van der Waals surface area contributed by atoms with Crippen LogP contribution in [0.1, 0.15) is 47.6 Å². The molecule has 2 aliphatic heterocycles. The summed E-state index contributed by atoms with van der Waals surface area (Å²) in [5.41, 5.74) is 3.40. The van der Waals surface area contributed by atoms with Crippen molar-refractivity contribution in [2.24, 2.45) is 0 Å². The number of aliphatic hydroxyl groups is 1. The van der Waals surface area contributed by atoms with E-state index in [1.54, 1.807) is 29.7 Å². The van der Waals surface area contributed by atoms with Crippen molar-refractivity contribution in [1.82, 2.24) is 9.55 Å². The second-order valence-electron chi connectivity index (χ2n) is 9.59. The number of rotatable bonds is 4. The van der Waals surface area contributed by atoms with Crippen LogP contribution >= 0.6 is 0 Å². The van der Waals surface area contributed by atoms with Crippen molar-refractivity contribution in [3.8, 4) is 11.4 Å². The second-order valence-corrected chi connectivity index (χ2v) is 9.59. The van der Waals surface area contributed by atoms with Crippen LogP contribution in [-0.4, -0.2) is 25.6 Å². The molecule has 0 amide bonds. The van der Waals surface area contributed by atoms with Gasteiger partial charge in [-0.3, -0.25) is 19.7 Å². The third-order valence-corrected chi connectivity index (χ3v) is 7.44. The first-order valence-electron chi connectivity index (χ1n) is 12.3. The van der Waals surface area contributed by atoms with E-state index in [9.17, 15) is 24.8 Å². The van der Waals surface area contributed by atoms with Gasteiger partial charge in [-0.05, 0) is 47.4 Å². The van der Waals surface area contributed by atoms with Crippen molar-refractivity contribution in [1.29, 1.82) is 0 Å². The molecule has 0 bridgehead atoms. The van der Waals surface area contributed by atoms with Crippen LogP contribution in [0.5, 0.6) is 0 Å². The molecular weight excluding hydrogens is 486 g/mol. The van der Waals surface area contributed by atoms with Crippen molar-refractivity contribution in [3.63, 3.8) is 0 Å². The van der Waals surface area contributed by atoms with Crippen molar-refractivity contribution in [2.75, 3.05) is 0 Å². The summed E-state index contributed by atoms with van der Waals surface area (Å²) in [4.78, 5) is 41.3. The van der Waals surface area contributed by atoms with Crippen molar-refractivity contribution in [2.45, 2.75) is 38.5 Å². The first kappa shape index (κ1) is 23.7. The van der Waals surface area contributed by atoms with Gasteiger partial charge in [0.1, 0.15) is 12.2 Å². The lowest BCUT2D eigenvalue weighted by atomic mass is 9.85. The van der Waals surface area contributed by atoms with Crippen LogP contribution in [0.15, 0.2) is 59.4 Å². The Hall–Kier alpha value is -4.63. The molecule has 0 saturated heterocycles. The minimum Gasteiger partial charge on any atom is -0.460 e. The lowest BCUT2D eigenvalue weighted by molar-refractivity contribution is -0.384. The average Bonchev–Trinajstić information content (AvgIpc) is 3.22. The highest BCUT2D eigenvalue weighted by Gasteiger charge is 2.39. The van der Waals surface area contributed by atoms with E-state index in [2.05, 4.69) is 0 Å². The minimum atomic E-state index is -1.50. The summed E-state index contributed by atoms with van der Waals surface area (Å²) in [7, 11) is 0. The molecule has 2 aromatic carbocycles. The maximum absolute atomic E-state index is 13.7. The number of benzene rings is 2. The minimum absolute atomic E-state index is 0.0183. The molecule has 1 unspecified atom stereocenters.